The lowest BCUT2D eigenvalue weighted by Crippen LogP contribution is -1.96. The van der Waals surface area contributed by atoms with Crippen LogP contribution in [-0.4, -0.2) is 0 Å². The van der Waals surface area contributed by atoms with Gasteiger partial charge in [0.25, 0.3) is 0 Å². The molecule has 1 aliphatic rings. The molecule has 1 aromatic rings. The molecule has 0 unspecified atom stereocenters. The van der Waals surface area contributed by atoms with Crippen molar-refractivity contribution < 1.29 is 0 Å². The van der Waals surface area contributed by atoms with Crippen LogP contribution < -0.4 is 0 Å². The van der Waals surface area contributed by atoms with Gasteiger partial charge in [0.1, 0.15) is 0 Å². The maximum atomic E-state index is 2.32. The van der Waals surface area contributed by atoms with Crippen LogP contribution in [0.15, 0.2) is 24.3 Å². The first-order chi connectivity index (χ1) is 4.79. The second kappa shape index (κ2) is 1.63. The Labute approximate surface area is 61.9 Å². The van der Waals surface area contributed by atoms with Crippen molar-refractivity contribution in [2.24, 2.45) is 0 Å². The summed E-state index contributed by atoms with van der Waals surface area (Å²) in [7, 11) is 0. The Bertz CT molecular complexity index is 237. The lowest BCUT2D eigenvalue weighted by atomic mass is 10.0. The van der Waals surface area contributed by atoms with E-state index in [9.17, 15) is 0 Å². The van der Waals surface area contributed by atoms with Gasteiger partial charge in [-0.2, -0.15) is 0 Å². The van der Waals surface area contributed by atoms with Crippen LogP contribution in [0.1, 0.15) is 31.4 Å². The molecule has 0 heterocycles. The molecule has 1 aliphatic carbocycles. The Hall–Kier alpha value is -0.780. The van der Waals surface area contributed by atoms with Crippen molar-refractivity contribution in [3.63, 3.8) is 0 Å². The minimum atomic E-state index is 0.448. The lowest BCUT2D eigenvalue weighted by Gasteiger charge is -2.01. The minimum Gasteiger partial charge on any atom is -0.0642 e. The van der Waals surface area contributed by atoms with Crippen molar-refractivity contribution in [2.45, 2.75) is 25.7 Å². The van der Waals surface area contributed by atoms with Gasteiger partial charge in [0.05, 0.1) is 0 Å². The molecule has 0 atom stereocenters. The standard InChI is InChI=1S/C10H12/c1-3-10(2)8-6-4-5-7-9(8)10/h4-7H,3H2,1-2H3. The minimum absolute atomic E-state index is 0.448. The summed E-state index contributed by atoms with van der Waals surface area (Å²) in [5.74, 6) is 0. The molecule has 0 N–H and O–H groups in total. The largest absolute Gasteiger partial charge is 0.0642 e. The second-order valence-electron chi connectivity index (χ2n) is 3.23. The number of fused-ring (bicyclic) bond motifs is 1. The van der Waals surface area contributed by atoms with Crippen molar-refractivity contribution in [1.29, 1.82) is 0 Å². The first kappa shape index (κ1) is 5.96. The van der Waals surface area contributed by atoms with E-state index < -0.39 is 0 Å². The molecule has 0 aromatic heterocycles. The molecule has 0 bridgehead atoms. The number of hydrogen-bond acceptors (Lipinski definition) is 0. The normalized spacial score (nSPS) is 18.2. The smallest absolute Gasteiger partial charge is 0.0178 e. The Morgan fingerprint density at radius 3 is 2.10 bits per heavy atom. The van der Waals surface area contributed by atoms with Crippen LogP contribution in [0.3, 0.4) is 0 Å². The zero-order valence-corrected chi connectivity index (χ0v) is 6.52. The van der Waals surface area contributed by atoms with Gasteiger partial charge in [0.15, 0.2) is 0 Å². The summed E-state index contributed by atoms with van der Waals surface area (Å²) >= 11 is 0. The lowest BCUT2D eigenvalue weighted by molar-refractivity contribution is 0.668. The third kappa shape index (κ3) is 0.518. The molecular weight excluding hydrogens is 120 g/mol. The molecular formula is C10H12. The molecule has 0 aliphatic heterocycles. The Balaban J connectivity index is 2.45. The zero-order chi connectivity index (χ0) is 7.19. The van der Waals surface area contributed by atoms with Crippen molar-refractivity contribution in [3.05, 3.63) is 35.4 Å². The van der Waals surface area contributed by atoms with Crippen molar-refractivity contribution in [3.8, 4) is 0 Å². The summed E-state index contributed by atoms with van der Waals surface area (Å²) in [5.41, 5.74) is 3.55. The topological polar surface area (TPSA) is 0 Å². The second-order valence-corrected chi connectivity index (χ2v) is 3.23. The molecule has 52 valence electrons. The summed E-state index contributed by atoms with van der Waals surface area (Å²) in [6.07, 6.45) is 1.24. The maximum absolute atomic E-state index is 2.32. The van der Waals surface area contributed by atoms with E-state index >= 15 is 0 Å². The molecule has 0 spiro atoms. The van der Waals surface area contributed by atoms with Crippen LogP contribution in [0.25, 0.3) is 0 Å². The Morgan fingerprint density at radius 1 is 1.20 bits per heavy atom. The fourth-order valence-electron chi connectivity index (χ4n) is 1.70. The van der Waals surface area contributed by atoms with Crippen molar-refractivity contribution in [2.75, 3.05) is 0 Å². The van der Waals surface area contributed by atoms with Gasteiger partial charge in [-0.15, -0.1) is 0 Å². The van der Waals surface area contributed by atoms with Crippen LogP contribution >= 0.6 is 0 Å². The summed E-state index contributed by atoms with van der Waals surface area (Å²) in [6.45, 7) is 4.57. The van der Waals surface area contributed by atoms with E-state index in [2.05, 4.69) is 38.1 Å². The molecule has 10 heavy (non-hydrogen) atoms. The molecule has 0 amide bonds. The SMILES string of the molecule is CCC1(C)c2ccccc21. The summed E-state index contributed by atoms with van der Waals surface area (Å²) in [6, 6.07) is 8.72. The van der Waals surface area contributed by atoms with Gasteiger partial charge in [0.2, 0.25) is 0 Å². The van der Waals surface area contributed by atoms with E-state index in [0.29, 0.717) is 5.41 Å². The molecule has 0 radical (unpaired) electrons. The van der Waals surface area contributed by atoms with Crippen LogP contribution in [0.5, 0.6) is 0 Å². The third-order valence-electron chi connectivity index (χ3n) is 2.76. The molecule has 0 heteroatoms. The highest BCUT2D eigenvalue weighted by Crippen LogP contribution is 2.51. The molecule has 0 saturated carbocycles. The summed E-state index contributed by atoms with van der Waals surface area (Å²) in [5, 5.41) is 0. The third-order valence-corrected chi connectivity index (χ3v) is 2.76. The van der Waals surface area contributed by atoms with Crippen LogP contribution in [0.2, 0.25) is 0 Å². The highest BCUT2D eigenvalue weighted by molar-refractivity contribution is 5.58. The van der Waals surface area contributed by atoms with Gasteiger partial charge in [-0.25, -0.2) is 0 Å². The van der Waals surface area contributed by atoms with Gasteiger partial charge in [-0.1, -0.05) is 38.1 Å². The van der Waals surface area contributed by atoms with E-state index in [-0.39, 0.29) is 0 Å². The van der Waals surface area contributed by atoms with Crippen LogP contribution in [0.4, 0.5) is 0 Å². The van der Waals surface area contributed by atoms with E-state index in [4.69, 9.17) is 0 Å². The van der Waals surface area contributed by atoms with E-state index in [1.165, 1.54) is 6.42 Å². The van der Waals surface area contributed by atoms with E-state index in [1.54, 1.807) is 11.1 Å². The fourth-order valence-corrected chi connectivity index (χ4v) is 1.70. The first-order valence-corrected chi connectivity index (χ1v) is 3.89. The number of rotatable bonds is 1. The van der Waals surface area contributed by atoms with Crippen LogP contribution in [0, 0.1) is 0 Å². The molecule has 0 fully saturated rings. The van der Waals surface area contributed by atoms with Crippen LogP contribution in [-0.2, 0) is 5.41 Å². The summed E-state index contributed by atoms with van der Waals surface area (Å²) < 4.78 is 0. The first-order valence-electron chi connectivity index (χ1n) is 3.89. The predicted octanol–water partition coefficient (Wildman–Crippen LogP) is 2.72. The van der Waals surface area contributed by atoms with E-state index in [1.807, 2.05) is 0 Å². The fraction of sp³-hybridized carbons (Fsp3) is 0.400. The van der Waals surface area contributed by atoms with E-state index in [0.717, 1.165) is 0 Å². The molecule has 2 rings (SSSR count). The predicted molar refractivity (Wildman–Crippen MR) is 43.2 cm³/mol. The summed E-state index contributed by atoms with van der Waals surface area (Å²) in [4.78, 5) is 0. The average molecular weight is 132 g/mol. The quantitative estimate of drug-likeness (QED) is 0.551. The highest BCUT2D eigenvalue weighted by atomic mass is 14.5. The van der Waals surface area contributed by atoms with Crippen molar-refractivity contribution >= 4 is 0 Å². The highest BCUT2D eigenvalue weighted by Gasteiger charge is 2.43. The average Bonchev–Trinajstić information content (AvgIpc) is 2.60. The zero-order valence-electron chi connectivity index (χ0n) is 6.52. The molecule has 1 aromatic carbocycles. The van der Waals surface area contributed by atoms with Gasteiger partial charge in [0, 0.05) is 5.41 Å². The molecule has 0 saturated heterocycles. The van der Waals surface area contributed by atoms with Gasteiger partial charge in [-0.3, -0.25) is 0 Å². The number of hydrogen-bond donors (Lipinski definition) is 0. The molecule has 0 nitrogen and oxygen atoms in total. The van der Waals surface area contributed by atoms with Gasteiger partial charge >= 0.3 is 0 Å². The number of benzene rings is 1. The monoisotopic (exact) mass is 132 g/mol. The van der Waals surface area contributed by atoms with Crippen molar-refractivity contribution in [1.82, 2.24) is 0 Å². The Morgan fingerprint density at radius 2 is 1.70 bits per heavy atom. The van der Waals surface area contributed by atoms with Gasteiger partial charge in [-0.05, 0) is 17.5 Å². The van der Waals surface area contributed by atoms with Gasteiger partial charge < -0.3 is 0 Å². The maximum Gasteiger partial charge on any atom is 0.0178 e. The Kier molecular flexibility index (Phi) is 0.971.